The van der Waals surface area contributed by atoms with Gasteiger partial charge in [0.15, 0.2) is 0 Å². The van der Waals surface area contributed by atoms with E-state index < -0.39 is 16.5 Å². The summed E-state index contributed by atoms with van der Waals surface area (Å²) in [5, 5.41) is 12.2. The molecule has 2 aliphatic heterocycles. The predicted molar refractivity (Wildman–Crippen MR) is 94.5 cm³/mol. The number of anilines is 1. The monoisotopic (exact) mass is 347 g/mol. The number of carbonyl (C=O) groups is 2. The van der Waals surface area contributed by atoms with Gasteiger partial charge in [-0.2, -0.15) is 0 Å². The SMILES string of the molecule is CC12C=CC(=C3C(=O)N(c4ccc([N+](=O)[O-])c5ccccc45)C(=O)N31)C2. The molecule has 5 rings (SSSR count). The van der Waals surface area contributed by atoms with E-state index in [2.05, 4.69) is 0 Å². The first-order valence-corrected chi connectivity index (χ1v) is 8.19. The van der Waals surface area contributed by atoms with Gasteiger partial charge >= 0.3 is 6.03 Å². The molecule has 0 N–H and O–H groups in total. The number of hydrogen-bond donors (Lipinski definition) is 0. The molecule has 0 aromatic heterocycles. The lowest BCUT2D eigenvalue weighted by atomic mass is 10.0. The molecule has 1 unspecified atom stereocenters. The summed E-state index contributed by atoms with van der Waals surface area (Å²) >= 11 is 0. The average molecular weight is 347 g/mol. The molecule has 2 aromatic rings. The second kappa shape index (κ2) is 4.57. The van der Waals surface area contributed by atoms with Crippen LogP contribution in [0.2, 0.25) is 0 Å². The number of carbonyl (C=O) groups excluding carboxylic acids is 2. The van der Waals surface area contributed by atoms with Crippen LogP contribution in [0, 0.1) is 10.1 Å². The highest BCUT2D eigenvalue weighted by molar-refractivity contribution is 6.30. The van der Waals surface area contributed by atoms with E-state index in [-0.39, 0.29) is 11.6 Å². The van der Waals surface area contributed by atoms with Crippen molar-refractivity contribution in [1.29, 1.82) is 0 Å². The Balaban J connectivity index is 1.72. The first kappa shape index (κ1) is 14.8. The number of benzene rings is 2. The van der Waals surface area contributed by atoms with Crippen LogP contribution in [0.4, 0.5) is 16.2 Å². The van der Waals surface area contributed by atoms with E-state index in [9.17, 15) is 19.7 Å². The Kier molecular flexibility index (Phi) is 2.61. The minimum atomic E-state index is -0.511. The molecule has 26 heavy (non-hydrogen) atoms. The van der Waals surface area contributed by atoms with E-state index in [1.165, 1.54) is 12.1 Å². The summed E-state index contributed by atoms with van der Waals surface area (Å²) in [5.41, 5.74) is 1.08. The molecular formula is C19H13N3O4. The van der Waals surface area contributed by atoms with Gasteiger partial charge in [-0.05, 0) is 24.6 Å². The number of hydrogen-bond acceptors (Lipinski definition) is 4. The van der Waals surface area contributed by atoms with Crippen LogP contribution in [0.1, 0.15) is 13.3 Å². The van der Waals surface area contributed by atoms with Crippen molar-refractivity contribution >= 4 is 34.1 Å². The van der Waals surface area contributed by atoms with Crippen LogP contribution in [0.25, 0.3) is 10.8 Å². The van der Waals surface area contributed by atoms with Crippen molar-refractivity contribution in [2.75, 3.05) is 4.90 Å². The third kappa shape index (κ3) is 1.62. The predicted octanol–water partition coefficient (Wildman–Crippen LogP) is 3.50. The zero-order valence-corrected chi connectivity index (χ0v) is 13.8. The van der Waals surface area contributed by atoms with E-state index in [0.29, 0.717) is 28.6 Å². The maximum absolute atomic E-state index is 13.1. The molecule has 1 aliphatic carbocycles. The molecular weight excluding hydrogens is 334 g/mol. The number of nitrogens with zero attached hydrogens (tertiary/aromatic N) is 3. The first-order chi connectivity index (χ1) is 12.4. The molecule has 1 atom stereocenters. The standard InChI is InChI=1S/C19H13N3O4/c1-19-9-8-11(10-19)16-17(23)20(18(24)21(16)19)14-6-7-15(22(25)26)13-5-3-2-4-12(13)14/h2-9H,10H2,1H3. The fourth-order valence-corrected chi connectivity index (χ4v) is 4.17. The fraction of sp³-hybridized carbons (Fsp3) is 0.158. The van der Waals surface area contributed by atoms with Gasteiger partial charge in [-0.15, -0.1) is 0 Å². The number of allylic oxidation sites excluding steroid dienone is 1. The Bertz CT molecular complexity index is 1120. The van der Waals surface area contributed by atoms with Crippen LogP contribution < -0.4 is 4.90 Å². The Labute approximate surface area is 147 Å². The number of imide groups is 1. The summed E-state index contributed by atoms with van der Waals surface area (Å²) in [6.45, 7) is 1.92. The maximum Gasteiger partial charge on any atom is 0.337 e. The molecule has 1 saturated heterocycles. The highest BCUT2D eigenvalue weighted by Gasteiger charge is 2.56. The summed E-state index contributed by atoms with van der Waals surface area (Å²) in [4.78, 5) is 39.6. The number of rotatable bonds is 2. The topological polar surface area (TPSA) is 83.8 Å². The highest BCUT2D eigenvalue weighted by Crippen LogP contribution is 2.49. The van der Waals surface area contributed by atoms with E-state index in [1.807, 2.05) is 19.1 Å². The lowest BCUT2D eigenvalue weighted by molar-refractivity contribution is -0.383. The normalized spacial score (nSPS) is 23.6. The maximum atomic E-state index is 13.1. The van der Waals surface area contributed by atoms with Gasteiger partial charge in [0.25, 0.3) is 11.6 Å². The van der Waals surface area contributed by atoms with Gasteiger partial charge in [-0.25, -0.2) is 9.69 Å². The third-order valence-corrected chi connectivity index (χ3v) is 5.33. The summed E-state index contributed by atoms with van der Waals surface area (Å²) in [6.07, 6.45) is 4.48. The van der Waals surface area contributed by atoms with E-state index in [4.69, 9.17) is 0 Å². The Morgan fingerprint density at radius 2 is 1.85 bits per heavy atom. The van der Waals surface area contributed by atoms with Crippen molar-refractivity contribution in [1.82, 2.24) is 4.90 Å². The fourth-order valence-electron chi connectivity index (χ4n) is 4.17. The molecule has 3 aliphatic rings. The quantitative estimate of drug-likeness (QED) is 0.473. The summed E-state index contributed by atoms with van der Waals surface area (Å²) < 4.78 is 0. The Morgan fingerprint density at radius 1 is 1.12 bits per heavy atom. The van der Waals surface area contributed by atoms with E-state index >= 15 is 0 Å². The number of non-ortho nitro benzene ring substituents is 1. The van der Waals surface area contributed by atoms with E-state index in [0.717, 1.165) is 10.5 Å². The second-order valence-corrected chi connectivity index (χ2v) is 6.91. The molecule has 7 heteroatoms. The van der Waals surface area contributed by atoms with Gasteiger partial charge in [-0.1, -0.05) is 30.4 Å². The molecule has 2 bridgehead atoms. The zero-order valence-electron chi connectivity index (χ0n) is 13.8. The van der Waals surface area contributed by atoms with Crippen molar-refractivity contribution in [2.45, 2.75) is 18.9 Å². The summed E-state index contributed by atoms with van der Waals surface area (Å²) in [7, 11) is 0. The molecule has 2 aromatic carbocycles. The first-order valence-electron chi connectivity index (χ1n) is 8.19. The highest BCUT2D eigenvalue weighted by atomic mass is 16.6. The minimum absolute atomic E-state index is 0.0559. The lowest BCUT2D eigenvalue weighted by Crippen LogP contribution is -2.43. The number of amides is 3. The van der Waals surface area contributed by atoms with Gasteiger partial charge in [0.1, 0.15) is 5.70 Å². The molecule has 0 saturated carbocycles. The van der Waals surface area contributed by atoms with Gasteiger partial charge in [0.2, 0.25) is 0 Å². The zero-order chi connectivity index (χ0) is 18.2. The van der Waals surface area contributed by atoms with Crippen LogP contribution >= 0.6 is 0 Å². The molecule has 0 radical (unpaired) electrons. The second-order valence-electron chi connectivity index (χ2n) is 6.91. The Morgan fingerprint density at radius 3 is 2.54 bits per heavy atom. The van der Waals surface area contributed by atoms with Gasteiger partial charge < -0.3 is 0 Å². The van der Waals surface area contributed by atoms with Crippen LogP contribution in [-0.4, -0.2) is 27.3 Å². The largest absolute Gasteiger partial charge is 0.337 e. The van der Waals surface area contributed by atoms with Crippen LogP contribution in [-0.2, 0) is 4.79 Å². The van der Waals surface area contributed by atoms with Crippen molar-refractivity contribution in [3.63, 3.8) is 0 Å². The van der Waals surface area contributed by atoms with E-state index in [1.54, 1.807) is 29.2 Å². The van der Waals surface area contributed by atoms with Gasteiger partial charge in [0, 0.05) is 17.9 Å². The number of urea groups is 1. The van der Waals surface area contributed by atoms with Crippen molar-refractivity contribution in [3.8, 4) is 0 Å². The number of fused-ring (bicyclic) bond motifs is 5. The van der Waals surface area contributed by atoms with Gasteiger partial charge in [0.05, 0.1) is 21.5 Å². The molecule has 7 nitrogen and oxygen atoms in total. The smallest absolute Gasteiger partial charge is 0.278 e. The average Bonchev–Trinajstić information content (AvgIpc) is 3.23. The molecule has 0 spiro atoms. The van der Waals surface area contributed by atoms with Gasteiger partial charge in [-0.3, -0.25) is 19.8 Å². The summed E-state index contributed by atoms with van der Waals surface area (Å²) in [5.74, 6) is -0.378. The number of nitro benzene ring substituents is 1. The molecule has 1 fully saturated rings. The van der Waals surface area contributed by atoms with Crippen molar-refractivity contribution < 1.29 is 14.5 Å². The molecule has 3 amide bonds. The van der Waals surface area contributed by atoms with Crippen LogP contribution in [0.15, 0.2) is 59.8 Å². The molecule has 128 valence electrons. The lowest BCUT2D eigenvalue weighted by Gasteiger charge is -2.29. The van der Waals surface area contributed by atoms with Crippen LogP contribution in [0.5, 0.6) is 0 Å². The van der Waals surface area contributed by atoms with Crippen LogP contribution in [0.3, 0.4) is 0 Å². The number of nitro groups is 1. The minimum Gasteiger partial charge on any atom is -0.278 e. The third-order valence-electron chi connectivity index (χ3n) is 5.33. The summed E-state index contributed by atoms with van der Waals surface area (Å²) in [6, 6.07) is 9.14. The van der Waals surface area contributed by atoms with Crippen molar-refractivity contribution in [2.24, 2.45) is 0 Å². The van der Waals surface area contributed by atoms with Crippen molar-refractivity contribution in [3.05, 3.63) is 69.9 Å². The Hall–Kier alpha value is -3.48. The molecule has 2 heterocycles.